The highest BCUT2D eigenvalue weighted by Gasteiger charge is 2.20. The van der Waals surface area contributed by atoms with Gasteiger partial charge in [0, 0.05) is 34.6 Å². The highest BCUT2D eigenvalue weighted by Crippen LogP contribution is 2.33. The summed E-state index contributed by atoms with van der Waals surface area (Å²) in [6.07, 6.45) is 7.08. The molecule has 0 radical (unpaired) electrons. The van der Waals surface area contributed by atoms with Gasteiger partial charge >= 0.3 is 0 Å². The minimum absolute atomic E-state index is 0.756. The normalized spacial score (nSPS) is 14.8. The van der Waals surface area contributed by atoms with Gasteiger partial charge in [-0.1, -0.05) is 11.2 Å². The molecule has 0 atom stereocenters. The third-order valence-corrected chi connectivity index (χ3v) is 5.34. The highest BCUT2D eigenvalue weighted by molar-refractivity contribution is 7.08. The fourth-order valence-corrected chi connectivity index (χ4v) is 4.06. The van der Waals surface area contributed by atoms with Crippen LogP contribution in [0.5, 0.6) is 0 Å². The third-order valence-electron chi connectivity index (χ3n) is 4.66. The van der Waals surface area contributed by atoms with Crippen LogP contribution < -0.4 is 5.32 Å². The molecular weight excluding hydrogens is 346 g/mol. The van der Waals surface area contributed by atoms with Crippen LogP contribution in [0.15, 0.2) is 58.8 Å². The van der Waals surface area contributed by atoms with Gasteiger partial charge in [-0.3, -0.25) is 9.38 Å². The van der Waals surface area contributed by atoms with Crippen molar-refractivity contribution in [3.05, 3.63) is 64.7 Å². The zero-order valence-electron chi connectivity index (χ0n) is 13.8. The van der Waals surface area contributed by atoms with Crippen molar-refractivity contribution in [3.8, 4) is 11.3 Å². The smallest absolute Gasteiger partial charge is 0.157 e. The van der Waals surface area contributed by atoms with E-state index in [2.05, 4.69) is 33.0 Å². The van der Waals surface area contributed by atoms with Gasteiger partial charge in [-0.05, 0) is 42.0 Å². The first kappa shape index (κ1) is 15.1. The van der Waals surface area contributed by atoms with Crippen molar-refractivity contribution in [2.75, 3.05) is 5.32 Å². The Bertz CT molecular complexity index is 1130. The molecule has 0 saturated carbocycles. The largest absolute Gasteiger partial charge is 0.411 e. The number of oxime groups is 1. The predicted octanol–water partition coefficient (Wildman–Crippen LogP) is 4.33. The number of aryl methyl sites for hydroxylation is 1. The molecular formula is C19H15N5OS. The maximum atomic E-state index is 9.11. The number of rotatable bonds is 3. The van der Waals surface area contributed by atoms with E-state index in [4.69, 9.17) is 10.2 Å². The van der Waals surface area contributed by atoms with Crippen molar-refractivity contribution in [3.63, 3.8) is 0 Å². The van der Waals surface area contributed by atoms with Gasteiger partial charge in [0.25, 0.3) is 0 Å². The van der Waals surface area contributed by atoms with E-state index >= 15 is 0 Å². The van der Waals surface area contributed by atoms with Crippen molar-refractivity contribution in [1.29, 1.82) is 0 Å². The minimum Gasteiger partial charge on any atom is -0.411 e. The molecule has 0 unspecified atom stereocenters. The molecule has 6 nitrogen and oxygen atoms in total. The molecule has 5 rings (SSSR count). The Morgan fingerprint density at radius 2 is 2.19 bits per heavy atom. The standard InChI is InChI=1S/C19H15N5OS/c25-23-16-4-1-12-9-14(2-3-15(12)16)21-19-18(13-5-8-26-11-13)22-17-10-20-6-7-24(17)19/h2-3,5-11,21,25H,1,4H2/b23-16+. The van der Waals surface area contributed by atoms with E-state index in [1.54, 1.807) is 23.7 Å². The summed E-state index contributed by atoms with van der Waals surface area (Å²) in [6, 6.07) is 8.20. The Morgan fingerprint density at radius 3 is 3.04 bits per heavy atom. The molecule has 7 heteroatoms. The Hall–Kier alpha value is -3.19. The van der Waals surface area contributed by atoms with Crippen LogP contribution in [-0.2, 0) is 6.42 Å². The van der Waals surface area contributed by atoms with Gasteiger partial charge in [0.2, 0.25) is 0 Å². The van der Waals surface area contributed by atoms with Crippen molar-refractivity contribution in [2.45, 2.75) is 12.8 Å². The van der Waals surface area contributed by atoms with Crippen LogP contribution >= 0.6 is 11.3 Å². The van der Waals surface area contributed by atoms with Gasteiger partial charge in [0.1, 0.15) is 11.5 Å². The molecule has 128 valence electrons. The number of thiophene rings is 1. The van der Waals surface area contributed by atoms with Gasteiger partial charge in [-0.25, -0.2) is 4.98 Å². The maximum Gasteiger partial charge on any atom is 0.157 e. The average Bonchev–Trinajstić information content (AvgIpc) is 3.40. The Balaban J connectivity index is 1.61. The van der Waals surface area contributed by atoms with Crippen LogP contribution in [0.25, 0.3) is 16.9 Å². The fraction of sp³-hybridized carbons (Fsp3) is 0.105. The number of nitrogens with one attached hydrogen (secondary N) is 1. The van der Waals surface area contributed by atoms with Gasteiger partial charge in [0.05, 0.1) is 11.9 Å². The molecule has 1 aliphatic carbocycles. The summed E-state index contributed by atoms with van der Waals surface area (Å²) in [5, 5.41) is 20.2. The van der Waals surface area contributed by atoms with Crippen LogP contribution in [0.2, 0.25) is 0 Å². The van der Waals surface area contributed by atoms with Crippen molar-refractivity contribution in [1.82, 2.24) is 14.4 Å². The number of hydrogen-bond donors (Lipinski definition) is 2. The average molecular weight is 361 g/mol. The Morgan fingerprint density at radius 1 is 1.23 bits per heavy atom. The fourth-order valence-electron chi connectivity index (χ4n) is 3.41. The van der Waals surface area contributed by atoms with Gasteiger partial charge < -0.3 is 10.5 Å². The van der Waals surface area contributed by atoms with Crippen LogP contribution in [0.4, 0.5) is 11.5 Å². The van der Waals surface area contributed by atoms with Crippen LogP contribution in [0.3, 0.4) is 0 Å². The van der Waals surface area contributed by atoms with E-state index in [9.17, 15) is 0 Å². The van der Waals surface area contributed by atoms with E-state index < -0.39 is 0 Å². The van der Waals surface area contributed by atoms with Crippen LogP contribution in [0, 0.1) is 0 Å². The minimum atomic E-state index is 0.756. The first-order valence-corrected chi connectivity index (χ1v) is 9.23. The molecule has 0 bridgehead atoms. The maximum absolute atomic E-state index is 9.11. The second-order valence-corrected chi connectivity index (χ2v) is 6.95. The SMILES string of the molecule is O/N=C1\CCc2cc(Nc3c(-c4ccsc4)nc4cnccn34)ccc21. The Kier molecular flexibility index (Phi) is 3.46. The first-order valence-electron chi connectivity index (χ1n) is 8.29. The lowest BCUT2D eigenvalue weighted by molar-refractivity contribution is 0.318. The molecule has 3 aromatic heterocycles. The van der Waals surface area contributed by atoms with E-state index in [0.29, 0.717) is 0 Å². The molecule has 0 amide bonds. The summed E-state index contributed by atoms with van der Waals surface area (Å²) in [4.78, 5) is 8.92. The molecule has 0 aliphatic heterocycles. The molecule has 2 N–H and O–H groups in total. The quantitative estimate of drug-likeness (QED) is 0.421. The zero-order chi connectivity index (χ0) is 17.5. The third kappa shape index (κ3) is 2.36. The second kappa shape index (κ2) is 5.96. The van der Waals surface area contributed by atoms with Crippen molar-refractivity contribution < 1.29 is 5.21 Å². The summed E-state index contributed by atoms with van der Waals surface area (Å²) in [5.74, 6) is 0.912. The molecule has 1 aromatic carbocycles. The summed E-state index contributed by atoms with van der Waals surface area (Å²) in [7, 11) is 0. The van der Waals surface area contributed by atoms with Gasteiger partial charge in [-0.2, -0.15) is 11.3 Å². The molecule has 26 heavy (non-hydrogen) atoms. The highest BCUT2D eigenvalue weighted by atomic mass is 32.1. The Labute approximate surface area is 153 Å². The van der Waals surface area contributed by atoms with Gasteiger partial charge in [0.15, 0.2) is 5.65 Å². The first-order chi connectivity index (χ1) is 12.8. The summed E-state index contributed by atoms with van der Waals surface area (Å²) in [6.45, 7) is 0. The molecule has 0 spiro atoms. The van der Waals surface area contributed by atoms with E-state index in [1.165, 1.54) is 5.56 Å². The lowest BCUT2D eigenvalue weighted by Crippen LogP contribution is -1.99. The lowest BCUT2D eigenvalue weighted by Gasteiger charge is -2.10. The monoisotopic (exact) mass is 361 g/mol. The zero-order valence-corrected chi connectivity index (χ0v) is 14.6. The molecule has 0 fully saturated rings. The second-order valence-electron chi connectivity index (χ2n) is 6.17. The molecule has 1 aliphatic rings. The van der Waals surface area contributed by atoms with Crippen LogP contribution in [0.1, 0.15) is 17.5 Å². The number of benzene rings is 1. The molecule has 3 heterocycles. The number of anilines is 2. The number of hydrogen-bond acceptors (Lipinski definition) is 6. The van der Waals surface area contributed by atoms with E-state index in [1.807, 2.05) is 28.1 Å². The van der Waals surface area contributed by atoms with E-state index in [0.717, 1.165) is 52.5 Å². The van der Waals surface area contributed by atoms with Crippen molar-refractivity contribution >= 4 is 34.2 Å². The summed E-state index contributed by atoms with van der Waals surface area (Å²) < 4.78 is 2.01. The number of nitrogens with zero attached hydrogens (tertiary/aromatic N) is 4. The number of fused-ring (bicyclic) bond motifs is 2. The summed E-state index contributed by atoms with van der Waals surface area (Å²) in [5.41, 5.74) is 6.74. The van der Waals surface area contributed by atoms with Gasteiger partial charge in [-0.15, -0.1) is 0 Å². The van der Waals surface area contributed by atoms with Crippen molar-refractivity contribution in [2.24, 2.45) is 5.16 Å². The molecule has 4 aromatic rings. The predicted molar refractivity (Wildman–Crippen MR) is 103 cm³/mol. The lowest BCUT2D eigenvalue weighted by atomic mass is 10.1. The molecule has 0 saturated heterocycles. The van der Waals surface area contributed by atoms with Crippen LogP contribution in [-0.4, -0.2) is 25.3 Å². The number of aromatic nitrogens is 3. The number of imidazole rings is 1. The topological polar surface area (TPSA) is 74.8 Å². The summed E-state index contributed by atoms with van der Waals surface area (Å²) >= 11 is 1.65. The van der Waals surface area contributed by atoms with E-state index in [-0.39, 0.29) is 0 Å².